The maximum Gasteiger partial charge on any atom is 0.126 e. The van der Waals surface area contributed by atoms with Crippen LogP contribution in [0.4, 0.5) is 5.82 Å². The highest BCUT2D eigenvalue weighted by molar-refractivity contribution is 5.37. The molecular formula is C15H19N3. The molecule has 0 atom stereocenters. The van der Waals surface area contributed by atoms with Gasteiger partial charge in [0.1, 0.15) is 5.82 Å². The molecule has 0 saturated carbocycles. The molecule has 2 heterocycles. The molecule has 0 aliphatic rings. The number of pyridine rings is 2. The van der Waals surface area contributed by atoms with E-state index < -0.39 is 0 Å². The van der Waals surface area contributed by atoms with Crippen LogP contribution in [0.25, 0.3) is 0 Å². The predicted molar refractivity (Wildman–Crippen MR) is 74.5 cm³/mol. The first-order valence-corrected chi connectivity index (χ1v) is 6.15. The van der Waals surface area contributed by atoms with Crippen LogP contribution in [-0.2, 0) is 12.0 Å². The Balaban J connectivity index is 1.99. The lowest BCUT2D eigenvalue weighted by atomic mass is 9.88. The Morgan fingerprint density at radius 1 is 1.06 bits per heavy atom. The zero-order valence-electron chi connectivity index (χ0n) is 11.1. The molecule has 2 rings (SSSR count). The second kappa shape index (κ2) is 5.17. The van der Waals surface area contributed by atoms with E-state index in [2.05, 4.69) is 42.1 Å². The van der Waals surface area contributed by atoms with Crippen LogP contribution in [0.2, 0.25) is 0 Å². The zero-order chi connectivity index (χ0) is 13.0. The average molecular weight is 241 g/mol. The van der Waals surface area contributed by atoms with Crippen LogP contribution in [0.1, 0.15) is 31.9 Å². The van der Waals surface area contributed by atoms with Gasteiger partial charge in [0, 0.05) is 25.1 Å². The van der Waals surface area contributed by atoms with Crippen LogP contribution in [-0.4, -0.2) is 9.97 Å². The third-order valence-corrected chi connectivity index (χ3v) is 2.85. The molecule has 0 fully saturated rings. The van der Waals surface area contributed by atoms with Gasteiger partial charge in [0.05, 0.1) is 0 Å². The Morgan fingerprint density at radius 3 is 2.33 bits per heavy atom. The number of anilines is 1. The van der Waals surface area contributed by atoms with E-state index in [4.69, 9.17) is 0 Å². The summed E-state index contributed by atoms with van der Waals surface area (Å²) in [6, 6.07) is 8.15. The molecule has 0 amide bonds. The van der Waals surface area contributed by atoms with Crippen molar-refractivity contribution < 1.29 is 0 Å². The van der Waals surface area contributed by atoms with Crippen molar-refractivity contribution in [3.8, 4) is 0 Å². The Kier molecular flexibility index (Phi) is 3.60. The van der Waals surface area contributed by atoms with E-state index in [1.807, 2.05) is 24.4 Å². The van der Waals surface area contributed by atoms with Crippen molar-refractivity contribution in [2.75, 3.05) is 5.32 Å². The summed E-state index contributed by atoms with van der Waals surface area (Å²) in [6.07, 6.45) is 5.54. The number of nitrogens with one attached hydrogen (secondary N) is 1. The number of nitrogens with zero attached hydrogens (tertiary/aromatic N) is 2. The van der Waals surface area contributed by atoms with Crippen LogP contribution in [0.5, 0.6) is 0 Å². The minimum atomic E-state index is 0.149. The highest BCUT2D eigenvalue weighted by Crippen LogP contribution is 2.21. The molecule has 0 aliphatic carbocycles. The minimum absolute atomic E-state index is 0.149. The van der Waals surface area contributed by atoms with Gasteiger partial charge >= 0.3 is 0 Å². The van der Waals surface area contributed by atoms with Gasteiger partial charge in [0.25, 0.3) is 0 Å². The molecule has 0 bridgehead atoms. The van der Waals surface area contributed by atoms with Crippen molar-refractivity contribution >= 4 is 5.82 Å². The Bertz CT molecular complexity index is 483. The first-order chi connectivity index (χ1) is 8.55. The number of hydrogen-bond donors (Lipinski definition) is 1. The van der Waals surface area contributed by atoms with Gasteiger partial charge in [0.15, 0.2) is 0 Å². The third-order valence-electron chi connectivity index (χ3n) is 2.85. The second-order valence-corrected chi connectivity index (χ2v) is 5.39. The van der Waals surface area contributed by atoms with Crippen molar-refractivity contribution in [3.63, 3.8) is 0 Å². The highest BCUT2D eigenvalue weighted by atomic mass is 15.0. The first-order valence-electron chi connectivity index (χ1n) is 6.15. The van der Waals surface area contributed by atoms with Crippen molar-refractivity contribution in [2.24, 2.45) is 0 Å². The van der Waals surface area contributed by atoms with Crippen molar-refractivity contribution in [1.82, 2.24) is 9.97 Å². The fourth-order valence-corrected chi connectivity index (χ4v) is 1.64. The SMILES string of the molecule is CC(C)(C)c1ccc(NCc2ccncc2)nc1. The third kappa shape index (κ3) is 3.29. The lowest BCUT2D eigenvalue weighted by Gasteiger charge is -2.18. The number of aromatic nitrogens is 2. The Morgan fingerprint density at radius 2 is 1.78 bits per heavy atom. The summed E-state index contributed by atoms with van der Waals surface area (Å²) in [5.41, 5.74) is 2.60. The van der Waals surface area contributed by atoms with E-state index in [0.29, 0.717) is 0 Å². The van der Waals surface area contributed by atoms with Gasteiger partial charge in [-0.2, -0.15) is 0 Å². The molecule has 0 aliphatic heterocycles. The van der Waals surface area contributed by atoms with Gasteiger partial charge in [-0.1, -0.05) is 26.8 Å². The van der Waals surface area contributed by atoms with E-state index in [1.54, 1.807) is 12.4 Å². The zero-order valence-corrected chi connectivity index (χ0v) is 11.1. The quantitative estimate of drug-likeness (QED) is 0.895. The normalized spacial score (nSPS) is 11.3. The fourth-order valence-electron chi connectivity index (χ4n) is 1.64. The van der Waals surface area contributed by atoms with E-state index in [0.717, 1.165) is 12.4 Å². The number of rotatable bonds is 3. The standard InChI is InChI=1S/C15H19N3/c1-15(2,3)13-4-5-14(18-11-13)17-10-12-6-8-16-9-7-12/h4-9,11H,10H2,1-3H3,(H,17,18). The largest absolute Gasteiger partial charge is 0.366 e. The predicted octanol–water partition coefficient (Wildman–Crippen LogP) is 3.39. The van der Waals surface area contributed by atoms with Gasteiger partial charge in [-0.15, -0.1) is 0 Å². The van der Waals surface area contributed by atoms with Gasteiger partial charge in [-0.3, -0.25) is 4.98 Å². The van der Waals surface area contributed by atoms with Crippen molar-refractivity contribution in [1.29, 1.82) is 0 Å². The van der Waals surface area contributed by atoms with Crippen LogP contribution >= 0.6 is 0 Å². The summed E-state index contributed by atoms with van der Waals surface area (Å²) in [5, 5.41) is 3.30. The van der Waals surface area contributed by atoms with E-state index >= 15 is 0 Å². The van der Waals surface area contributed by atoms with E-state index in [-0.39, 0.29) is 5.41 Å². The Labute approximate surface area is 108 Å². The molecule has 18 heavy (non-hydrogen) atoms. The maximum absolute atomic E-state index is 4.43. The van der Waals surface area contributed by atoms with Gasteiger partial charge < -0.3 is 5.32 Å². The molecule has 0 saturated heterocycles. The molecule has 2 aromatic heterocycles. The molecule has 0 unspecified atom stereocenters. The molecule has 0 radical (unpaired) electrons. The topological polar surface area (TPSA) is 37.8 Å². The summed E-state index contributed by atoms with van der Waals surface area (Å²) in [5.74, 6) is 0.903. The second-order valence-electron chi connectivity index (χ2n) is 5.39. The van der Waals surface area contributed by atoms with Crippen LogP contribution < -0.4 is 5.32 Å². The lowest BCUT2D eigenvalue weighted by Crippen LogP contribution is -2.11. The van der Waals surface area contributed by atoms with Crippen molar-refractivity contribution in [3.05, 3.63) is 54.0 Å². The minimum Gasteiger partial charge on any atom is -0.366 e. The van der Waals surface area contributed by atoms with Crippen LogP contribution in [0.3, 0.4) is 0 Å². The van der Waals surface area contributed by atoms with E-state index in [1.165, 1.54) is 11.1 Å². The summed E-state index contributed by atoms with van der Waals surface area (Å²) in [4.78, 5) is 8.43. The average Bonchev–Trinajstić information content (AvgIpc) is 2.37. The molecule has 0 aromatic carbocycles. The smallest absolute Gasteiger partial charge is 0.126 e. The van der Waals surface area contributed by atoms with Gasteiger partial charge in [-0.25, -0.2) is 4.98 Å². The lowest BCUT2D eigenvalue weighted by molar-refractivity contribution is 0.587. The first kappa shape index (κ1) is 12.6. The van der Waals surface area contributed by atoms with Crippen LogP contribution in [0, 0.1) is 0 Å². The maximum atomic E-state index is 4.43. The molecule has 1 N–H and O–H groups in total. The molecule has 3 nitrogen and oxygen atoms in total. The molecule has 3 heteroatoms. The monoisotopic (exact) mass is 241 g/mol. The summed E-state index contributed by atoms with van der Waals surface area (Å²) in [7, 11) is 0. The van der Waals surface area contributed by atoms with Crippen LogP contribution in [0.15, 0.2) is 42.9 Å². The molecule has 2 aromatic rings. The van der Waals surface area contributed by atoms with E-state index in [9.17, 15) is 0 Å². The number of hydrogen-bond acceptors (Lipinski definition) is 3. The molecular weight excluding hydrogens is 222 g/mol. The molecule has 0 spiro atoms. The molecule has 94 valence electrons. The highest BCUT2D eigenvalue weighted by Gasteiger charge is 2.13. The van der Waals surface area contributed by atoms with Gasteiger partial charge in [0.2, 0.25) is 0 Å². The summed E-state index contributed by atoms with van der Waals surface area (Å²) in [6.45, 7) is 7.33. The Hall–Kier alpha value is -1.90. The van der Waals surface area contributed by atoms with Gasteiger partial charge in [-0.05, 0) is 34.7 Å². The summed E-state index contributed by atoms with van der Waals surface area (Å²) >= 11 is 0. The van der Waals surface area contributed by atoms with Crippen molar-refractivity contribution in [2.45, 2.75) is 32.7 Å². The fraction of sp³-hybridized carbons (Fsp3) is 0.333. The summed E-state index contributed by atoms with van der Waals surface area (Å²) < 4.78 is 0.